The van der Waals surface area contributed by atoms with Crippen LogP contribution in [0.4, 0.5) is 0 Å². The zero-order valence-corrected chi connectivity index (χ0v) is 14.9. The number of aromatic nitrogens is 3. The van der Waals surface area contributed by atoms with Crippen LogP contribution >= 0.6 is 11.8 Å². The number of nitrogens with zero attached hydrogens (tertiary/aromatic N) is 4. The maximum absolute atomic E-state index is 12.4. The van der Waals surface area contributed by atoms with Gasteiger partial charge in [-0.05, 0) is 17.9 Å². The largest absolute Gasteiger partial charge is 0.379 e. The van der Waals surface area contributed by atoms with Crippen LogP contribution in [0, 0.1) is 0 Å². The van der Waals surface area contributed by atoms with Crippen LogP contribution in [-0.4, -0.2) is 64.9 Å². The molecule has 0 unspecified atom stereocenters. The molecule has 1 aliphatic heterocycles. The Hall–Kier alpha value is -2.03. The van der Waals surface area contributed by atoms with E-state index < -0.39 is 0 Å². The van der Waals surface area contributed by atoms with Gasteiger partial charge in [0.25, 0.3) is 5.91 Å². The Kier molecular flexibility index (Phi) is 6.32. The minimum atomic E-state index is -0.171. The first kappa shape index (κ1) is 17.8. The summed E-state index contributed by atoms with van der Waals surface area (Å²) in [6.07, 6.45) is 8.62. The van der Waals surface area contributed by atoms with Gasteiger partial charge in [-0.25, -0.2) is 9.97 Å². The Labute approximate surface area is 151 Å². The van der Waals surface area contributed by atoms with Crippen molar-refractivity contribution < 1.29 is 9.53 Å². The normalized spacial score (nSPS) is 16.4. The van der Waals surface area contributed by atoms with Crippen molar-refractivity contribution in [3.05, 3.63) is 48.0 Å². The average molecular weight is 359 g/mol. The summed E-state index contributed by atoms with van der Waals surface area (Å²) in [7, 11) is 0. The van der Waals surface area contributed by atoms with E-state index in [4.69, 9.17) is 4.74 Å². The number of pyridine rings is 1. The molecule has 1 amide bonds. The summed E-state index contributed by atoms with van der Waals surface area (Å²) in [5.41, 5.74) is 1.54. The van der Waals surface area contributed by atoms with E-state index in [1.807, 2.05) is 24.6 Å². The van der Waals surface area contributed by atoms with Crippen molar-refractivity contribution in [1.29, 1.82) is 0 Å². The van der Waals surface area contributed by atoms with Gasteiger partial charge in [-0.3, -0.25) is 14.7 Å². The molecule has 7 nitrogen and oxygen atoms in total. The summed E-state index contributed by atoms with van der Waals surface area (Å²) in [6, 6.07) is 4.02. The molecule has 1 atom stereocenters. The standard InChI is InChI=1S/C17H21N5O2S/c1-25-17-20-10-14(11-21-17)16(23)19-12-15(13-3-2-4-18-9-13)22-5-7-24-8-6-22/h2-4,9-11,15H,5-8,12H2,1H3,(H,19,23)/t15-/m0/s1. The number of carbonyl (C=O) groups excluding carboxylic acids is 1. The van der Waals surface area contributed by atoms with Crippen LogP contribution in [0.1, 0.15) is 22.0 Å². The van der Waals surface area contributed by atoms with E-state index in [1.54, 1.807) is 18.6 Å². The number of hydrogen-bond donors (Lipinski definition) is 1. The van der Waals surface area contributed by atoms with Gasteiger partial charge in [-0.1, -0.05) is 17.8 Å². The summed E-state index contributed by atoms with van der Waals surface area (Å²) in [5, 5.41) is 3.65. The molecule has 25 heavy (non-hydrogen) atoms. The third kappa shape index (κ3) is 4.75. The molecular weight excluding hydrogens is 338 g/mol. The quantitative estimate of drug-likeness (QED) is 0.617. The van der Waals surface area contributed by atoms with Crippen molar-refractivity contribution in [3.63, 3.8) is 0 Å². The smallest absolute Gasteiger partial charge is 0.254 e. The molecule has 3 heterocycles. The van der Waals surface area contributed by atoms with Crippen LogP contribution in [0.15, 0.2) is 42.1 Å². The predicted octanol–water partition coefficient (Wildman–Crippen LogP) is 1.40. The van der Waals surface area contributed by atoms with Crippen LogP contribution in [-0.2, 0) is 4.74 Å². The summed E-state index contributed by atoms with van der Waals surface area (Å²) < 4.78 is 5.44. The predicted molar refractivity (Wildman–Crippen MR) is 95.5 cm³/mol. The summed E-state index contributed by atoms with van der Waals surface area (Å²) in [4.78, 5) is 27.2. The van der Waals surface area contributed by atoms with Crippen LogP contribution in [0.2, 0.25) is 0 Å². The maximum atomic E-state index is 12.4. The van der Waals surface area contributed by atoms with Gasteiger partial charge in [-0.2, -0.15) is 0 Å². The lowest BCUT2D eigenvalue weighted by atomic mass is 10.1. The van der Waals surface area contributed by atoms with E-state index in [-0.39, 0.29) is 11.9 Å². The average Bonchev–Trinajstić information content (AvgIpc) is 2.70. The lowest BCUT2D eigenvalue weighted by molar-refractivity contribution is 0.0161. The van der Waals surface area contributed by atoms with Crippen molar-refractivity contribution in [2.75, 3.05) is 39.1 Å². The molecule has 8 heteroatoms. The molecule has 1 N–H and O–H groups in total. The lowest BCUT2D eigenvalue weighted by Crippen LogP contribution is -2.43. The number of morpholine rings is 1. The van der Waals surface area contributed by atoms with Crippen LogP contribution in [0.25, 0.3) is 0 Å². The third-order valence-corrected chi connectivity index (χ3v) is 4.66. The lowest BCUT2D eigenvalue weighted by Gasteiger charge is -2.34. The van der Waals surface area contributed by atoms with Gasteiger partial charge in [0.05, 0.1) is 24.8 Å². The topological polar surface area (TPSA) is 80.2 Å². The summed E-state index contributed by atoms with van der Waals surface area (Å²) in [6.45, 7) is 3.57. The zero-order valence-electron chi connectivity index (χ0n) is 14.1. The summed E-state index contributed by atoms with van der Waals surface area (Å²) in [5.74, 6) is -0.171. The highest BCUT2D eigenvalue weighted by Crippen LogP contribution is 2.20. The Morgan fingerprint density at radius 3 is 2.72 bits per heavy atom. The fourth-order valence-electron chi connectivity index (χ4n) is 2.75. The first-order chi connectivity index (χ1) is 12.3. The molecule has 2 aromatic rings. The van der Waals surface area contributed by atoms with E-state index in [0.29, 0.717) is 30.5 Å². The molecular formula is C17H21N5O2S. The fourth-order valence-corrected chi connectivity index (χ4v) is 3.07. The molecule has 132 valence electrons. The summed E-state index contributed by atoms with van der Waals surface area (Å²) >= 11 is 1.44. The number of nitrogens with one attached hydrogen (secondary N) is 1. The number of carbonyl (C=O) groups is 1. The molecule has 1 aliphatic rings. The first-order valence-electron chi connectivity index (χ1n) is 8.14. The van der Waals surface area contributed by atoms with Gasteiger partial charge in [0, 0.05) is 44.4 Å². The molecule has 0 aliphatic carbocycles. The van der Waals surface area contributed by atoms with Crippen molar-refractivity contribution in [2.45, 2.75) is 11.2 Å². The zero-order chi connectivity index (χ0) is 17.5. The molecule has 3 rings (SSSR count). The Morgan fingerprint density at radius 2 is 2.08 bits per heavy atom. The van der Waals surface area contributed by atoms with Crippen molar-refractivity contribution in [1.82, 2.24) is 25.2 Å². The van der Waals surface area contributed by atoms with Gasteiger partial charge in [0.2, 0.25) is 0 Å². The number of hydrogen-bond acceptors (Lipinski definition) is 7. The highest BCUT2D eigenvalue weighted by Gasteiger charge is 2.23. The van der Waals surface area contributed by atoms with Gasteiger partial charge < -0.3 is 10.1 Å². The Bertz CT molecular complexity index is 677. The number of ether oxygens (including phenoxy) is 1. The highest BCUT2D eigenvalue weighted by atomic mass is 32.2. The fraction of sp³-hybridized carbons (Fsp3) is 0.412. The number of thioether (sulfide) groups is 1. The third-order valence-electron chi connectivity index (χ3n) is 4.08. The second-order valence-electron chi connectivity index (χ2n) is 5.62. The van der Waals surface area contributed by atoms with Crippen LogP contribution in [0.3, 0.4) is 0 Å². The van der Waals surface area contributed by atoms with Gasteiger partial charge in [0.15, 0.2) is 5.16 Å². The SMILES string of the molecule is CSc1ncc(C(=O)NC[C@@H](c2cccnc2)N2CCOCC2)cn1. The maximum Gasteiger partial charge on any atom is 0.254 e. The van der Waals surface area contributed by atoms with E-state index in [1.165, 1.54) is 11.8 Å². The first-order valence-corrected chi connectivity index (χ1v) is 9.36. The molecule has 1 saturated heterocycles. The molecule has 0 radical (unpaired) electrons. The van der Waals surface area contributed by atoms with Gasteiger partial charge in [-0.15, -0.1) is 0 Å². The number of amides is 1. The van der Waals surface area contributed by atoms with Crippen molar-refractivity contribution >= 4 is 17.7 Å². The second kappa shape index (κ2) is 8.89. The minimum absolute atomic E-state index is 0.0629. The van der Waals surface area contributed by atoms with E-state index in [9.17, 15) is 4.79 Å². The van der Waals surface area contributed by atoms with Crippen LogP contribution < -0.4 is 5.32 Å². The highest BCUT2D eigenvalue weighted by molar-refractivity contribution is 7.98. The second-order valence-corrected chi connectivity index (χ2v) is 6.39. The molecule has 0 spiro atoms. The molecule has 1 fully saturated rings. The van der Waals surface area contributed by atoms with E-state index in [0.717, 1.165) is 18.7 Å². The van der Waals surface area contributed by atoms with Crippen molar-refractivity contribution in [3.8, 4) is 0 Å². The van der Waals surface area contributed by atoms with Crippen molar-refractivity contribution in [2.24, 2.45) is 0 Å². The molecule has 0 aromatic carbocycles. The molecule has 0 bridgehead atoms. The van der Waals surface area contributed by atoms with Gasteiger partial charge >= 0.3 is 0 Å². The van der Waals surface area contributed by atoms with Crippen LogP contribution in [0.5, 0.6) is 0 Å². The molecule has 2 aromatic heterocycles. The van der Waals surface area contributed by atoms with E-state index in [2.05, 4.69) is 25.2 Å². The Balaban J connectivity index is 1.68. The number of rotatable bonds is 6. The minimum Gasteiger partial charge on any atom is -0.379 e. The monoisotopic (exact) mass is 359 g/mol. The van der Waals surface area contributed by atoms with E-state index >= 15 is 0 Å². The Morgan fingerprint density at radius 1 is 1.32 bits per heavy atom. The van der Waals surface area contributed by atoms with Gasteiger partial charge in [0.1, 0.15) is 0 Å². The molecule has 0 saturated carbocycles.